The van der Waals surface area contributed by atoms with Crippen LogP contribution in [0.1, 0.15) is 39.5 Å². The van der Waals surface area contributed by atoms with Crippen LogP contribution >= 0.6 is 0 Å². The Morgan fingerprint density at radius 2 is 2.07 bits per heavy atom. The molecule has 1 spiro atoms. The third-order valence-electron chi connectivity index (χ3n) is 3.33. The van der Waals surface area contributed by atoms with Crippen LogP contribution in [0.15, 0.2) is 0 Å². The molecular formula is C11H18N2O2. The fourth-order valence-electron chi connectivity index (χ4n) is 2.26. The predicted molar refractivity (Wildman–Crippen MR) is 56.1 cm³/mol. The molecule has 84 valence electrons. The van der Waals surface area contributed by atoms with Crippen LogP contribution in [0.3, 0.4) is 0 Å². The number of piperazine rings is 1. The maximum atomic E-state index is 11.8. The number of carbonyl (C=O) groups is 2. The Balaban J connectivity index is 2.03. The summed E-state index contributed by atoms with van der Waals surface area (Å²) < 4.78 is 0. The van der Waals surface area contributed by atoms with Crippen molar-refractivity contribution in [3.05, 3.63) is 0 Å². The lowest BCUT2D eigenvalue weighted by atomic mass is 9.74. The zero-order chi connectivity index (χ0) is 11.1. The first-order valence-corrected chi connectivity index (χ1v) is 5.66. The van der Waals surface area contributed by atoms with Crippen LogP contribution < -0.4 is 10.6 Å². The van der Waals surface area contributed by atoms with Gasteiger partial charge in [-0.1, -0.05) is 13.8 Å². The van der Waals surface area contributed by atoms with E-state index in [2.05, 4.69) is 10.6 Å². The summed E-state index contributed by atoms with van der Waals surface area (Å²) in [5.74, 6) is 0.415. The van der Waals surface area contributed by atoms with Gasteiger partial charge in [-0.25, -0.2) is 0 Å². The minimum absolute atomic E-state index is 0.0111. The van der Waals surface area contributed by atoms with Crippen molar-refractivity contribution in [3.8, 4) is 0 Å². The summed E-state index contributed by atoms with van der Waals surface area (Å²) in [5.41, 5.74) is -0.551. The summed E-state index contributed by atoms with van der Waals surface area (Å²) in [7, 11) is 0. The molecule has 2 rings (SSSR count). The molecule has 1 saturated carbocycles. The zero-order valence-corrected chi connectivity index (χ0v) is 9.30. The number of hydrogen-bond acceptors (Lipinski definition) is 2. The lowest BCUT2D eigenvalue weighted by Crippen LogP contribution is -2.72. The minimum Gasteiger partial charge on any atom is -0.342 e. The van der Waals surface area contributed by atoms with Gasteiger partial charge in [-0.05, 0) is 31.6 Å². The molecule has 15 heavy (non-hydrogen) atoms. The molecule has 4 nitrogen and oxygen atoms in total. The van der Waals surface area contributed by atoms with Gasteiger partial charge in [0.2, 0.25) is 11.8 Å². The molecule has 0 unspecified atom stereocenters. The quantitative estimate of drug-likeness (QED) is 0.700. The van der Waals surface area contributed by atoms with Crippen LogP contribution in [-0.2, 0) is 9.59 Å². The molecular weight excluding hydrogens is 192 g/mol. The van der Waals surface area contributed by atoms with Crippen molar-refractivity contribution in [3.63, 3.8) is 0 Å². The average Bonchev–Trinajstić information content (AvgIpc) is 2.07. The van der Waals surface area contributed by atoms with Gasteiger partial charge in [0.1, 0.15) is 11.6 Å². The maximum absolute atomic E-state index is 11.8. The van der Waals surface area contributed by atoms with Gasteiger partial charge in [-0.2, -0.15) is 0 Å². The van der Waals surface area contributed by atoms with Gasteiger partial charge >= 0.3 is 0 Å². The Hall–Kier alpha value is -1.06. The first kappa shape index (κ1) is 10.5. The number of amides is 2. The molecule has 1 aliphatic heterocycles. The first-order valence-electron chi connectivity index (χ1n) is 5.66. The molecule has 0 aromatic rings. The number of rotatable bonds is 2. The van der Waals surface area contributed by atoms with Crippen molar-refractivity contribution in [2.45, 2.75) is 51.1 Å². The summed E-state index contributed by atoms with van der Waals surface area (Å²) in [6, 6.07) is -0.330. The van der Waals surface area contributed by atoms with Crippen molar-refractivity contribution in [2.75, 3.05) is 0 Å². The summed E-state index contributed by atoms with van der Waals surface area (Å²) in [5, 5.41) is 5.72. The smallest absolute Gasteiger partial charge is 0.246 e. The van der Waals surface area contributed by atoms with Gasteiger partial charge < -0.3 is 10.6 Å². The molecule has 0 aromatic carbocycles. The topological polar surface area (TPSA) is 58.2 Å². The second-order valence-corrected chi connectivity index (χ2v) is 5.08. The van der Waals surface area contributed by atoms with Gasteiger partial charge in [0, 0.05) is 0 Å². The summed E-state index contributed by atoms with van der Waals surface area (Å²) >= 11 is 0. The highest BCUT2D eigenvalue weighted by Crippen LogP contribution is 2.34. The molecule has 1 aliphatic carbocycles. The SMILES string of the molecule is CC(C)C[C@H]1NC(=O)C2(CCC2)NC1=O. The van der Waals surface area contributed by atoms with E-state index in [9.17, 15) is 9.59 Å². The average molecular weight is 210 g/mol. The standard InChI is InChI=1S/C11H18N2O2/c1-7(2)6-8-9(14)13-11(4-3-5-11)10(15)12-8/h7-8H,3-6H2,1-2H3,(H,12,15)(H,13,14)/t8-/m1/s1. The van der Waals surface area contributed by atoms with Crippen molar-refractivity contribution in [2.24, 2.45) is 5.92 Å². The summed E-state index contributed by atoms with van der Waals surface area (Å²) in [6.07, 6.45) is 3.33. The lowest BCUT2D eigenvalue weighted by molar-refractivity contribution is -0.145. The largest absolute Gasteiger partial charge is 0.342 e. The molecule has 2 amide bonds. The van der Waals surface area contributed by atoms with Crippen LogP contribution in [0, 0.1) is 5.92 Å². The molecule has 1 saturated heterocycles. The van der Waals surface area contributed by atoms with Crippen LogP contribution in [0.4, 0.5) is 0 Å². The third kappa shape index (κ3) is 1.73. The van der Waals surface area contributed by atoms with Crippen molar-refractivity contribution >= 4 is 11.8 Å². The van der Waals surface area contributed by atoms with E-state index in [4.69, 9.17) is 0 Å². The number of hydrogen-bond donors (Lipinski definition) is 2. The van der Waals surface area contributed by atoms with Crippen LogP contribution in [-0.4, -0.2) is 23.4 Å². The molecule has 0 bridgehead atoms. The van der Waals surface area contributed by atoms with Crippen molar-refractivity contribution in [1.82, 2.24) is 10.6 Å². The minimum atomic E-state index is -0.551. The first-order chi connectivity index (χ1) is 7.03. The molecule has 2 aliphatic rings. The van der Waals surface area contributed by atoms with E-state index in [1.54, 1.807) is 0 Å². The fourth-order valence-corrected chi connectivity index (χ4v) is 2.26. The molecule has 4 heteroatoms. The van der Waals surface area contributed by atoms with Gasteiger partial charge in [0.15, 0.2) is 0 Å². The molecule has 0 radical (unpaired) electrons. The lowest BCUT2D eigenvalue weighted by Gasteiger charge is -2.45. The summed E-state index contributed by atoms with van der Waals surface area (Å²) in [6.45, 7) is 4.10. The number of nitrogens with one attached hydrogen (secondary N) is 2. The van der Waals surface area contributed by atoms with Crippen LogP contribution in [0.5, 0.6) is 0 Å². The van der Waals surface area contributed by atoms with E-state index in [1.807, 2.05) is 13.8 Å². The van der Waals surface area contributed by atoms with Gasteiger partial charge in [-0.15, -0.1) is 0 Å². The van der Waals surface area contributed by atoms with E-state index in [-0.39, 0.29) is 17.9 Å². The molecule has 2 N–H and O–H groups in total. The van der Waals surface area contributed by atoms with Crippen LogP contribution in [0.25, 0.3) is 0 Å². The van der Waals surface area contributed by atoms with E-state index < -0.39 is 5.54 Å². The van der Waals surface area contributed by atoms with Crippen LogP contribution in [0.2, 0.25) is 0 Å². The van der Waals surface area contributed by atoms with Crippen molar-refractivity contribution < 1.29 is 9.59 Å². The van der Waals surface area contributed by atoms with Gasteiger partial charge in [0.25, 0.3) is 0 Å². The second kappa shape index (κ2) is 3.51. The molecule has 0 aromatic heterocycles. The van der Waals surface area contributed by atoms with E-state index >= 15 is 0 Å². The van der Waals surface area contributed by atoms with E-state index in [0.717, 1.165) is 19.3 Å². The molecule has 1 heterocycles. The Morgan fingerprint density at radius 3 is 2.53 bits per heavy atom. The summed E-state index contributed by atoms with van der Waals surface area (Å²) in [4.78, 5) is 23.6. The van der Waals surface area contributed by atoms with E-state index in [1.165, 1.54) is 0 Å². The Kier molecular flexibility index (Phi) is 2.44. The number of carbonyl (C=O) groups excluding carboxylic acids is 2. The molecule has 1 atom stereocenters. The molecule has 2 fully saturated rings. The van der Waals surface area contributed by atoms with Gasteiger partial charge in [0.05, 0.1) is 0 Å². The Bertz CT molecular complexity index is 295. The third-order valence-corrected chi connectivity index (χ3v) is 3.33. The van der Waals surface area contributed by atoms with Crippen molar-refractivity contribution in [1.29, 1.82) is 0 Å². The van der Waals surface area contributed by atoms with E-state index in [0.29, 0.717) is 12.3 Å². The highest BCUT2D eigenvalue weighted by molar-refractivity contribution is 6.00. The monoisotopic (exact) mass is 210 g/mol. The second-order valence-electron chi connectivity index (χ2n) is 5.08. The normalized spacial score (nSPS) is 28.6. The Morgan fingerprint density at radius 1 is 1.40 bits per heavy atom. The predicted octanol–water partition coefficient (Wildman–Crippen LogP) is 0.570. The fraction of sp³-hybridized carbons (Fsp3) is 0.818. The highest BCUT2D eigenvalue weighted by atomic mass is 16.2. The van der Waals surface area contributed by atoms with Gasteiger partial charge in [-0.3, -0.25) is 9.59 Å². The Labute approximate surface area is 89.8 Å². The maximum Gasteiger partial charge on any atom is 0.246 e. The zero-order valence-electron chi connectivity index (χ0n) is 9.30. The highest BCUT2D eigenvalue weighted by Gasteiger charge is 2.50.